The minimum atomic E-state index is -4.82. The van der Waals surface area contributed by atoms with E-state index in [1.165, 1.54) is 36.4 Å². The molecule has 0 aliphatic carbocycles. The molecule has 2 aromatic carbocycles. The Bertz CT molecular complexity index is 1470. The second-order valence-corrected chi connectivity index (χ2v) is 9.89. The Balaban J connectivity index is 1.46. The van der Waals surface area contributed by atoms with Crippen LogP contribution in [0.1, 0.15) is 44.4 Å². The number of nitrogens with one attached hydrogen (secondary N) is 2. The van der Waals surface area contributed by atoms with E-state index in [4.69, 9.17) is 9.05 Å². The maximum Gasteiger partial charge on any atom is 0.422 e. The molecule has 10 nitrogen and oxygen atoms in total. The molecule has 0 radical (unpaired) electrons. The van der Waals surface area contributed by atoms with Crippen LogP contribution in [0.5, 0.6) is 0 Å². The lowest BCUT2D eigenvalue weighted by atomic mass is 10.1. The van der Waals surface area contributed by atoms with Crippen molar-refractivity contribution in [3.63, 3.8) is 0 Å². The molecule has 2 heterocycles. The molecule has 210 valence electrons. The maximum atomic E-state index is 13.9. The molecule has 2 aromatic heterocycles. The van der Waals surface area contributed by atoms with Crippen molar-refractivity contribution in [2.24, 2.45) is 0 Å². The van der Waals surface area contributed by atoms with E-state index in [0.717, 1.165) is 0 Å². The van der Waals surface area contributed by atoms with E-state index in [-0.39, 0.29) is 35.8 Å². The first-order valence-electron chi connectivity index (χ1n) is 12.2. The number of hydrogen-bond donors (Lipinski definition) is 3. The van der Waals surface area contributed by atoms with E-state index in [9.17, 15) is 27.9 Å². The first-order chi connectivity index (χ1) is 18.8. The number of carbonyl (C=O) groups excluding carboxylic acids is 2. The minimum absolute atomic E-state index is 0.0368. The van der Waals surface area contributed by atoms with Crippen molar-refractivity contribution in [3.8, 4) is 34.3 Å². The third kappa shape index (κ3) is 6.72. The lowest BCUT2D eigenvalue weighted by molar-refractivity contribution is -0.137. The summed E-state index contributed by atoms with van der Waals surface area (Å²) in [6, 6.07) is 13.6. The number of alkyl halides is 3. The van der Waals surface area contributed by atoms with E-state index in [0.29, 0.717) is 5.56 Å². The lowest BCUT2D eigenvalue weighted by Gasteiger charge is -2.20. The highest BCUT2D eigenvalue weighted by atomic mass is 19.4. The molecule has 3 N–H and O–H groups in total. The molecule has 0 saturated carbocycles. The molecule has 0 spiro atoms. The summed E-state index contributed by atoms with van der Waals surface area (Å²) in [5, 5.41) is 23.0. The maximum absolute atomic E-state index is 13.9. The highest BCUT2D eigenvalue weighted by Crippen LogP contribution is 2.43. The van der Waals surface area contributed by atoms with Crippen LogP contribution in [0.25, 0.3) is 34.3 Å². The van der Waals surface area contributed by atoms with Gasteiger partial charge in [0.25, 0.3) is 11.8 Å². The third-order valence-corrected chi connectivity index (χ3v) is 5.54. The second-order valence-electron chi connectivity index (χ2n) is 9.89. The quantitative estimate of drug-likeness (QED) is 0.287. The molecule has 4 aromatic rings. The summed E-state index contributed by atoms with van der Waals surface area (Å²) in [4.78, 5) is 28.2. The van der Waals surface area contributed by atoms with Gasteiger partial charge in [-0.1, -0.05) is 64.9 Å². The Hall–Kier alpha value is -4.52. The van der Waals surface area contributed by atoms with Gasteiger partial charge >= 0.3 is 6.18 Å². The van der Waals surface area contributed by atoms with Crippen LogP contribution < -0.4 is 10.6 Å². The Labute approximate surface area is 226 Å². The number of rotatable bonds is 8. The summed E-state index contributed by atoms with van der Waals surface area (Å²) in [7, 11) is 0. The molecule has 1 unspecified atom stereocenters. The molecule has 1 atom stereocenters. The van der Waals surface area contributed by atoms with Gasteiger partial charge < -0.3 is 24.8 Å². The zero-order valence-electron chi connectivity index (χ0n) is 21.7. The SMILES string of the molecule is CC(C)(C)NC(=O)CCNC(=O)C(O)c1ccc(-c2noc(-c3onc(-c4ccccc4)c3C(F)(F)F)n2)cc1. The van der Waals surface area contributed by atoms with Gasteiger partial charge in [0, 0.05) is 29.6 Å². The first-order valence-corrected chi connectivity index (χ1v) is 12.2. The zero-order chi connectivity index (χ0) is 29.1. The molecular formula is C27H26F3N5O5. The van der Waals surface area contributed by atoms with Gasteiger partial charge in [-0.2, -0.15) is 18.2 Å². The van der Waals surface area contributed by atoms with Crippen LogP contribution in [0.2, 0.25) is 0 Å². The van der Waals surface area contributed by atoms with Crippen LogP contribution in [0, 0.1) is 0 Å². The summed E-state index contributed by atoms with van der Waals surface area (Å²) in [6.45, 7) is 5.54. The number of halogens is 3. The van der Waals surface area contributed by atoms with E-state index in [1.54, 1.807) is 18.2 Å². The predicted octanol–water partition coefficient (Wildman–Crippen LogP) is 4.53. The van der Waals surface area contributed by atoms with Gasteiger partial charge in [0.2, 0.25) is 17.5 Å². The molecule has 4 rings (SSSR count). The van der Waals surface area contributed by atoms with Crippen molar-refractivity contribution < 1.29 is 36.9 Å². The predicted molar refractivity (Wildman–Crippen MR) is 136 cm³/mol. The largest absolute Gasteiger partial charge is 0.422 e. The lowest BCUT2D eigenvalue weighted by Crippen LogP contribution is -2.42. The van der Waals surface area contributed by atoms with Crippen molar-refractivity contribution in [1.82, 2.24) is 25.9 Å². The van der Waals surface area contributed by atoms with Crippen molar-refractivity contribution in [3.05, 3.63) is 65.7 Å². The normalized spacial score (nSPS) is 12.7. The van der Waals surface area contributed by atoms with Crippen LogP contribution in [0.3, 0.4) is 0 Å². The van der Waals surface area contributed by atoms with Crippen LogP contribution in [-0.4, -0.2) is 44.3 Å². The molecule has 0 aliphatic rings. The van der Waals surface area contributed by atoms with Crippen LogP contribution in [-0.2, 0) is 15.8 Å². The van der Waals surface area contributed by atoms with Crippen LogP contribution >= 0.6 is 0 Å². The summed E-state index contributed by atoms with van der Waals surface area (Å²) in [6.07, 6.45) is -6.28. The van der Waals surface area contributed by atoms with Gasteiger partial charge in [-0.25, -0.2) is 0 Å². The highest BCUT2D eigenvalue weighted by Gasteiger charge is 2.43. The van der Waals surface area contributed by atoms with E-state index in [1.807, 2.05) is 20.8 Å². The van der Waals surface area contributed by atoms with Crippen molar-refractivity contribution in [2.45, 2.75) is 45.0 Å². The number of carbonyl (C=O) groups is 2. The standard InChI is InChI=1S/C27H26F3N5O5/c1-26(2,3)33-18(36)13-14-31-24(38)21(37)16-9-11-17(12-10-16)23-32-25(40-35-23)22-19(27(28,29)30)20(34-39-22)15-7-5-4-6-8-15/h4-12,21,37H,13-14H2,1-3H3,(H,31,38)(H,33,36). The average Bonchev–Trinajstić information content (AvgIpc) is 3.55. The number of nitrogens with zero attached hydrogens (tertiary/aromatic N) is 3. The molecule has 0 fully saturated rings. The van der Waals surface area contributed by atoms with Gasteiger partial charge in [-0.05, 0) is 26.3 Å². The number of hydrogen-bond acceptors (Lipinski definition) is 8. The summed E-state index contributed by atoms with van der Waals surface area (Å²) < 4.78 is 51.9. The minimum Gasteiger partial charge on any atom is -0.378 e. The summed E-state index contributed by atoms with van der Waals surface area (Å²) >= 11 is 0. The molecule has 2 amide bonds. The first kappa shape index (κ1) is 28.5. The van der Waals surface area contributed by atoms with Gasteiger partial charge in [-0.3, -0.25) is 9.59 Å². The highest BCUT2D eigenvalue weighted by molar-refractivity contribution is 5.83. The van der Waals surface area contributed by atoms with Gasteiger partial charge in [0.1, 0.15) is 11.3 Å². The third-order valence-electron chi connectivity index (χ3n) is 5.54. The number of benzene rings is 2. The van der Waals surface area contributed by atoms with E-state index in [2.05, 4.69) is 25.9 Å². The zero-order valence-corrected chi connectivity index (χ0v) is 21.7. The smallest absolute Gasteiger partial charge is 0.378 e. The molecule has 0 saturated heterocycles. The number of aliphatic hydroxyl groups is 1. The summed E-state index contributed by atoms with van der Waals surface area (Å²) in [5.74, 6) is -2.22. The Morgan fingerprint density at radius 3 is 2.25 bits per heavy atom. The monoisotopic (exact) mass is 557 g/mol. The molecule has 0 aliphatic heterocycles. The van der Waals surface area contributed by atoms with Crippen LogP contribution in [0.15, 0.2) is 63.6 Å². The topological polar surface area (TPSA) is 143 Å². The average molecular weight is 558 g/mol. The second kappa shape index (κ2) is 11.3. The fourth-order valence-electron chi connectivity index (χ4n) is 3.77. The van der Waals surface area contributed by atoms with Crippen molar-refractivity contribution >= 4 is 11.8 Å². The molecule has 13 heteroatoms. The molecular weight excluding hydrogens is 531 g/mol. The molecule has 40 heavy (non-hydrogen) atoms. The fourth-order valence-corrected chi connectivity index (χ4v) is 3.77. The van der Waals surface area contributed by atoms with Gasteiger partial charge in [-0.15, -0.1) is 0 Å². The Kier molecular flexibility index (Phi) is 8.05. The Morgan fingerprint density at radius 1 is 0.950 bits per heavy atom. The van der Waals surface area contributed by atoms with E-state index < -0.39 is 46.6 Å². The molecule has 0 bridgehead atoms. The van der Waals surface area contributed by atoms with Crippen molar-refractivity contribution in [2.75, 3.05) is 6.54 Å². The van der Waals surface area contributed by atoms with Crippen molar-refractivity contribution in [1.29, 1.82) is 0 Å². The number of aromatic nitrogens is 3. The summed E-state index contributed by atoms with van der Waals surface area (Å²) in [5.41, 5.74) is -1.16. The number of amides is 2. The van der Waals surface area contributed by atoms with E-state index >= 15 is 0 Å². The Morgan fingerprint density at radius 2 is 1.62 bits per heavy atom. The van der Waals surface area contributed by atoms with Gasteiger partial charge in [0.15, 0.2) is 6.10 Å². The number of aliphatic hydroxyl groups excluding tert-OH is 1. The van der Waals surface area contributed by atoms with Crippen LogP contribution in [0.4, 0.5) is 13.2 Å². The fraction of sp³-hybridized carbons (Fsp3) is 0.296. The van der Waals surface area contributed by atoms with Gasteiger partial charge in [0.05, 0.1) is 0 Å².